The number of halogens is 1. The lowest BCUT2D eigenvalue weighted by Crippen LogP contribution is -1.99. The van der Waals surface area contributed by atoms with Gasteiger partial charge in [0.1, 0.15) is 11.0 Å². The topological polar surface area (TPSA) is 42.9 Å². The van der Waals surface area contributed by atoms with Gasteiger partial charge in [-0.15, -0.1) is 0 Å². The van der Waals surface area contributed by atoms with Crippen molar-refractivity contribution in [1.29, 1.82) is 0 Å². The van der Waals surface area contributed by atoms with Gasteiger partial charge in [0.2, 0.25) is 0 Å². The van der Waals surface area contributed by atoms with E-state index in [9.17, 15) is 4.79 Å². The van der Waals surface area contributed by atoms with E-state index in [1.807, 2.05) is 12.1 Å². The van der Waals surface area contributed by atoms with Gasteiger partial charge in [-0.2, -0.15) is 0 Å². The number of rotatable bonds is 4. The molecule has 3 nitrogen and oxygen atoms in total. The fourth-order valence-corrected chi connectivity index (χ4v) is 2.29. The molecule has 0 saturated carbocycles. The largest absolute Gasteiger partial charge is 0.298 e. The molecule has 1 aromatic heterocycles. The Morgan fingerprint density at radius 1 is 1.32 bits per heavy atom. The van der Waals surface area contributed by atoms with Crippen LogP contribution in [0.3, 0.4) is 0 Å². The minimum atomic E-state index is 0.207. The van der Waals surface area contributed by atoms with Crippen LogP contribution in [0.2, 0.25) is 5.15 Å². The SMILES string of the molecule is CCCc1cccc(-c2nc(C)nc(Cl)c2C=O)c1. The maximum Gasteiger partial charge on any atom is 0.155 e. The van der Waals surface area contributed by atoms with Crippen molar-refractivity contribution in [3.05, 3.63) is 46.4 Å². The first kappa shape index (κ1) is 13.7. The van der Waals surface area contributed by atoms with Crippen molar-refractivity contribution >= 4 is 17.9 Å². The van der Waals surface area contributed by atoms with E-state index in [0.717, 1.165) is 18.4 Å². The molecule has 98 valence electrons. The van der Waals surface area contributed by atoms with Gasteiger partial charge in [0, 0.05) is 5.56 Å². The van der Waals surface area contributed by atoms with E-state index in [-0.39, 0.29) is 5.15 Å². The van der Waals surface area contributed by atoms with Crippen molar-refractivity contribution in [1.82, 2.24) is 9.97 Å². The molecule has 0 radical (unpaired) electrons. The summed E-state index contributed by atoms with van der Waals surface area (Å²) >= 11 is 6.00. The standard InChI is InChI=1S/C15H15ClN2O/c1-3-5-11-6-4-7-12(8-11)14-13(9-19)15(16)18-10(2)17-14/h4,6-9H,3,5H2,1-2H3. The molecule has 2 aromatic rings. The quantitative estimate of drug-likeness (QED) is 0.628. The maximum atomic E-state index is 11.2. The molecule has 0 amide bonds. The Labute approximate surface area is 117 Å². The molecule has 2 rings (SSSR count). The van der Waals surface area contributed by atoms with E-state index in [0.29, 0.717) is 23.4 Å². The van der Waals surface area contributed by atoms with Gasteiger partial charge in [-0.25, -0.2) is 9.97 Å². The van der Waals surface area contributed by atoms with Crippen LogP contribution in [0, 0.1) is 6.92 Å². The number of aldehydes is 1. The van der Waals surface area contributed by atoms with Crippen molar-refractivity contribution in [3.63, 3.8) is 0 Å². The maximum absolute atomic E-state index is 11.2. The molecule has 1 aromatic carbocycles. The van der Waals surface area contributed by atoms with Gasteiger partial charge in [0.15, 0.2) is 6.29 Å². The first-order valence-electron chi connectivity index (χ1n) is 6.24. The van der Waals surface area contributed by atoms with Gasteiger partial charge in [-0.3, -0.25) is 4.79 Å². The first-order chi connectivity index (χ1) is 9.15. The summed E-state index contributed by atoms with van der Waals surface area (Å²) < 4.78 is 0. The van der Waals surface area contributed by atoms with Gasteiger partial charge < -0.3 is 0 Å². The minimum absolute atomic E-state index is 0.207. The van der Waals surface area contributed by atoms with Crippen LogP contribution in [0.1, 0.15) is 35.1 Å². The van der Waals surface area contributed by atoms with Crippen LogP contribution in [0.4, 0.5) is 0 Å². The summed E-state index contributed by atoms with van der Waals surface area (Å²) in [7, 11) is 0. The zero-order valence-electron chi connectivity index (χ0n) is 11.0. The first-order valence-corrected chi connectivity index (χ1v) is 6.62. The predicted octanol–water partition coefficient (Wildman–Crippen LogP) is 3.87. The summed E-state index contributed by atoms with van der Waals surface area (Å²) in [6, 6.07) is 8.03. The van der Waals surface area contributed by atoms with Crippen LogP contribution in [0.15, 0.2) is 24.3 Å². The molecule has 0 atom stereocenters. The number of hydrogen-bond donors (Lipinski definition) is 0. The lowest BCUT2D eigenvalue weighted by atomic mass is 10.0. The summed E-state index contributed by atoms with van der Waals surface area (Å²) in [5.74, 6) is 0.562. The molecule has 1 heterocycles. The Morgan fingerprint density at radius 3 is 2.79 bits per heavy atom. The van der Waals surface area contributed by atoms with E-state index < -0.39 is 0 Å². The van der Waals surface area contributed by atoms with Crippen LogP contribution in [0.25, 0.3) is 11.3 Å². The number of carbonyl (C=O) groups excluding carboxylic acids is 1. The highest BCUT2D eigenvalue weighted by molar-refractivity contribution is 6.32. The molecule has 19 heavy (non-hydrogen) atoms. The third-order valence-electron chi connectivity index (χ3n) is 2.87. The van der Waals surface area contributed by atoms with Crippen molar-refractivity contribution in [2.75, 3.05) is 0 Å². The zero-order valence-corrected chi connectivity index (χ0v) is 11.7. The molecule has 0 aliphatic carbocycles. The summed E-state index contributed by atoms with van der Waals surface area (Å²) in [6.45, 7) is 3.90. The number of benzene rings is 1. The van der Waals surface area contributed by atoms with Crippen LogP contribution < -0.4 is 0 Å². The Morgan fingerprint density at radius 2 is 2.11 bits per heavy atom. The fraction of sp³-hybridized carbons (Fsp3) is 0.267. The second kappa shape index (κ2) is 5.93. The Hall–Kier alpha value is -1.74. The molecular formula is C15H15ClN2O. The monoisotopic (exact) mass is 274 g/mol. The number of carbonyl (C=O) groups is 1. The normalized spacial score (nSPS) is 10.5. The van der Waals surface area contributed by atoms with Crippen LogP contribution in [-0.4, -0.2) is 16.3 Å². The molecule has 0 spiro atoms. The molecule has 0 aliphatic rings. The molecule has 0 aliphatic heterocycles. The lowest BCUT2D eigenvalue weighted by molar-refractivity contribution is 0.112. The highest BCUT2D eigenvalue weighted by Crippen LogP contribution is 2.26. The van der Waals surface area contributed by atoms with Gasteiger partial charge >= 0.3 is 0 Å². The average molecular weight is 275 g/mol. The smallest absolute Gasteiger partial charge is 0.155 e. The second-order valence-electron chi connectivity index (χ2n) is 4.39. The Balaban J connectivity index is 2.57. The number of aromatic nitrogens is 2. The number of hydrogen-bond acceptors (Lipinski definition) is 3. The van der Waals surface area contributed by atoms with E-state index in [4.69, 9.17) is 11.6 Å². The third-order valence-corrected chi connectivity index (χ3v) is 3.16. The minimum Gasteiger partial charge on any atom is -0.298 e. The van der Waals surface area contributed by atoms with Crippen molar-refractivity contribution in [3.8, 4) is 11.3 Å². The van der Waals surface area contributed by atoms with Crippen molar-refractivity contribution in [2.24, 2.45) is 0 Å². The summed E-state index contributed by atoms with van der Waals surface area (Å²) in [5.41, 5.74) is 3.08. The second-order valence-corrected chi connectivity index (χ2v) is 4.75. The van der Waals surface area contributed by atoms with Crippen molar-refractivity contribution in [2.45, 2.75) is 26.7 Å². The van der Waals surface area contributed by atoms with Gasteiger partial charge in [0.05, 0.1) is 11.3 Å². The van der Waals surface area contributed by atoms with Gasteiger partial charge in [-0.1, -0.05) is 43.1 Å². The summed E-state index contributed by atoms with van der Waals surface area (Å²) in [6.07, 6.45) is 2.79. The predicted molar refractivity (Wildman–Crippen MR) is 76.6 cm³/mol. The third kappa shape index (κ3) is 2.99. The van der Waals surface area contributed by atoms with Crippen LogP contribution in [-0.2, 0) is 6.42 Å². The fourth-order valence-electron chi connectivity index (χ4n) is 2.03. The van der Waals surface area contributed by atoms with Crippen molar-refractivity contribution < 1.29 is 4.79 Å². The van der Waals surface area contributed by atoms with E-state index in [2.05, 4.69) is 29.0 Å². The Bertz CT molecular complexity index is 611. The summed E-state index contributed by atoms with van der Waals surface area (Å²) in [4.78, 5) is 19.5. The molecule has 0 bridgehead atoms. The molecule has 0 saturated heterocycles. The molecule has 0 fully saturated rings. The van der Waals surface area contributed by atoms with Crippen LogP contribution >= 0.6 is 11.6 Å². The lowest BCUT2D eigenvalue weighted by Gasteiger charge is -2.08. The Kier molecular flexibility index (Phi) is 4.27. The summed E-state index contributed by atoms with van der Waals surface area (Å²) in [5, 5.41) is 0.207. The molecule has 0 unspecified atom stereocenters. The highest BCUT2D eigenvalue weighted by Gasteiger charge is 2.13. The van der Waals surface area contributed by atoms with Gasteiger partial charge in [0.25, 0.3) is 0 Å². The molecule has 4 heteroatoms. The zero-order chi connectivity index (χ0) is 13.8. The average Bonchev–Trinajstić information content (AvgIpc) is 2.38. The van der Waals surface area contributed by atoms with Gasteiger partial charge in [-0.05, 0) is 25.0 Å². The molecular weight excluding hydrogens is 260 g/mol. The van der Waals surface area contributed by atoms with E-state index >= 15 is 0 Å². The van der Waals surface area contributed by atoms with E-state index in [1.165, 1.54) is 5.56 Å². The number of nitrogens with zero attached hydrogens (tertiary/aromatic N) is 2. The van der Waals surface area contributed by atoms with Crippen LogP contribution in [0.5, 0.6) is 0 Å². The van der Waals surface area contributed by atoms with E-state index in [1.54, 1.807) is 6.92 Å². The molecule has 0 N–H and O–H groups in total. The highest BCUT2D eigenvalue weighted by atomic mass is 35.5. The number of aryl methyl sites for hydroxylation is 2.